The van der Waals surface area contributed by atoms with E-state index in [1.165, 1.54) is 0 Å². The lowest BCUT2D eigenvalue weighted by molar-refractivity contribution is -0.146. The van der Waals surface area contributed by atoms with Crippen molar-refractivity contribution in [3.8, 4) is 0 Å². The van der Waals surface area contributed by atoms with Crippen molar-refractivity contribution in [2.45, 2.75) is 19.4 Å². The Hall–Kier alpha value is -1.02. The SMILES string of the molecule is CCOC(=O)C(CC(N)=O)NC(=O)c1sc(Cl)c(Cl)c1Cl. The summed E-state index contributed by atoms with van der Waals surface area (Å²) in [4.78, 5) is 34.7. The first-order valence-corrected chi connectivity index (χ1v) is 7.62. The van der Waals surface area contributed by atoms with Crippen LogP contribution in [0, 0.1) is 0 Å². The van der Waals surface area contributed by atoms with Crippen molar-refractivity contribution in [1.82, 2.24) is 5.32 Å². The highest BCUT2D eigenvalue weighted by Crippen LogP contribution is 2.40. The molecule has 0 aliphatic heterocycles. The van der Waals surface area contributed by atoms with E-state index >= 15 is 0 Å². The van der Waals surface area contributed by atoms with Crippen molar-refractivity contribution >= 4 is 63.9 Å². The first-order chi connectivity index (χ1) is 9.77. The van der Waals surface area contributed by atoms with Gasteiger partial charge in [-0.25, -0.2) is 4.79 Å². The maximum Gasteiger partial charge on any atom is 0.329 e. The smallest absolute Gasteiger partial charge is 0.329 e. The lowest BCUT2D eigenvalue weighted by Crippen LogP contribution is -2.44. The van der Waals surface area contributed by atoms with E-state index in [1.54, 1.807) is 6.92 Å². The van der Waals surface area contributed by atoms with Crippen LogP contribution in [0.5, 0.6) is 0 Å². The van der Waals surface area contributed by atoms with Gasteiger partial charge >= 0.3 is 5.97 Å². The van der Waals surface area contributed by atoms with Crippen LogP contribution in [0.3, 0.4) is 0 Å². The Kier molecular flexibility index (Phi) is 6.73. The molecule has 0 aliphatic carbocycles. The number of nitrogens with one attached hydrogen (secondary N) is 1. The maximum absolute atomic E-state index is 12.1. The normalized spacial score (nSPS) is 11.8. The average Bonchev–Trinajstić information content (AvgIpc) is 2.65. The van der Waals surface area contributed by atoms with E-state index in [1.807, 2.05) is 0 Å². The Morgan fingerprint density at radius 3 is 2.33 bits per heavy atom. The van der Waals surface area contributed by atoms with Gasteiger partial charge in [0.05, 0.1) is 23.1 Å². The van der Waals surface area contributed by atoms with Crippen LogP contribution in [0.2, 0.25) is 14.4 Å². The lowest BCUT2D eigenvalue weighted by Gasteiger charge is -2.15. The molecule has 1 rings (SSSR count). The summed E-state index contributed by atoms with van der Waals surface area (Å²) in [6, 6.07) is -1.20. The second-order valence-electron chi connectivity index (χ2n) is 3.78. The molecule has 10 heteroatoms. The van der Waals surface area contributed by atoms with Crippen LogP contribution in [0.4, 0.5) is 0 Å². The Balaban J connectivity index is 2.91. The van der Waals surface area contributed by atoms with E-state index in [9.17, 15) is 14.4 Å². The predicted octanol–water partition coefficient (Wildman–Crippen LogP) is 2.25. The van der Waals surface area contributed by atoms with Gasteiger partial charge in [0, 0.05) is 0 Å². The Morgan fingerprint density at radius 2 is 1.90 bits per heavy atom. The molecule has 0 saturated carbocycles. The van der Waals surface area contributed by atoms with Gasteiger partial charge in [0.15, 0.2) is 0 Å². The number of rotatable bonds is 6. The molecule has 0 bridgehead atoms. The van der Waals surface area contributed by atoms with E-state index in [0.29, 0.717) is 0 Å². The molecule has 0 aromatic carbocycles. The number of thiophene rings is 1. The van der Waals surface area contributed by atoms with Gasteiger partial charge in [0.2, 0.25) is 5.91 Å². The highest BCUT2D eigenvalue weighted by molar-refractivity contribution is 7.19. The van der Waals surface area contributed by atoms with E-state index in [-0.39, 0.29) is 25.9 Å². The molecule has 2 amide bonds. The number of halogens is 3. The molecular formula is C11H11Cl3N2O4S. The van der Waals surface area contributed by atoms with Crippen LogP contribution < -0.4 is 11.1 Å². The fourth-order valence-corrected chi connectivity index (χ4v) is 3.08. The Bertz CT molecular complexity index is 576. The number of esters is 1. The fraction of sp³-hybridized carbons (Fsp3) is 0.364. The van der Waals surface area contributed by atoms with Gasteiger partial charge in [-0.2, -0.15) is 0 Å². The number of primary amides is 1. The molecular weight excluding hydrogens is 363 g/mol. The molecule has 0 aliphatic rings. The van der Waals surface area contributed by atoms with Crippen molar-refractivity contribution in [3.63, 3.8) is 0 Å². The zero-order valence-corrected chi connectivity index (χ0v) is 13.8. The largest absolute Gasteiger partial charge is 0.464 e. The lowest BCUT2D eigenvalue weighted by atomic mass is 10.2. The van der Waals surface area contributed by atoms with E-state index in [2.05, 4.69) is 5.32 Å². The summed E-state index contributed by atoms with van der Waals surface area (Å²) < 4.78 is 4.91. The Labute approximate surface area is 139 Å². The third-order valence-electron chi connectivity index (χ3n) is 2.24. The third kappa shape index (κ3) is 4.74. The van der Waals surface area contributed by atoms with Crippen molar-refractivity contribution < 1.29 is 19.1 Å². The van der Waals surface area contributed by atoms with Crippen molar-refractivity contribution in [3.05, 3.63) is 19.3 Å². The average molecular weight is 374 g/mol. The topological polar surface area (TPSA) is 98.5 Å². The zero-order chi connectivity index (χ0) is 16.2. The number of nitrogens with two attached hydrogens (primary N) is 1. The van der Waals surface area contributed by atoms with Gasteiger partial charge < -0.3 is 15.8 Å². The summed E-state index contributed by atoms with van der Waals surface area (Å²) in [7, 11) is 0. The summed E-state index contributed by atoms with van der Waals surface area (Å²) in [6.45, 7) is 1.69. The first-order valence-electron chi connectivity index (χ1n) is 5.67. The summed E-state index contributed by atoms with van der Waals surface area (Å²) >= 11 is 18.3. The predicted molar refractivity (Wildman–Crippen MR) is 81.0 cm³/mol. The molecule has 116 valence electrons. The minimum atomic E-state index is -1.20. The molecule has 0 spiro atoms. The van der Waals surface area contributed by atoms with Gasteiger partial charge in [0.25, 0.3) is 5.91 Å². The van der Waals surface area contributed by atoms with Crippen LogP contribution in [0.25, 0.3) is 0 Å². The monoisotopic (exact) mass is 372 g/mol. The highest BCUT2D eigenvalue weighted by atomic mass is 35.5. The minimum Gasteiger partial charge on any atom is -0.464 e. The first kappa shape index (κ1) is 18.0. The zero-order valence-electron chi connectivity index (χ0n) is 10.7. The van der Waals surface area contributed by atoms with Gasteiger partial charge in [-0.3, -0.25) is 9.59 Å². The second-order valence-corrected chi connectivity index (χ2v) is 6.16. The second kappa shape index (κ2) is 7.84. The summed E-state index contributed by atoms with van der Waals surface area (Å²) in [5.74, 6) is -2.23. The number of ether oxygens (including phenoxy) is 1. The van der Waals surface area contributed by atoms with Gasteiger partial charge in [-0.1, -0.05) is 34.8 Å². The quantitative estimate of drug-likeness (QED) is 0.747. The molecule has 21 heavy (non-hydrogen) atoms. The Morgan fingerprint density at radius 1 is 1.29 bits per heavy atom. The van der Waals surface area contributed by atoms with E-state index < -0.39 is 30.2 Å². The minimum absolute atomic E-state index is 0.0224. The molecule has 0 radical (unpaired) electrons. The van der Waals surface area contributed by atoms with Gasteiger partial charge in [-0.15, -0.1) is 11.3 Å². The van der Waals surface area contributed by atoms with E-state index in [4.69, 9.17) is 45.3 Å². The van der Waals surface area contributed by atoms with Gasteiger partial charge in [-0.05, 0) is 6.92 Å². The molecule has 1 unspecified atom stereocenters. The van der Waals surface area contributed by atoms with Crippen LogP contribution in [-0.2, 0) is 14.3 Å². The van der Waals surface area contributed by atoms with E-state index in [0.717, 1.165) is 11.3 Å². The van der Waals surface area contributed by atoms with Crippen LogP contribution in [0.15, 0.2) is 0 Å². The fourth-order valence-electron chi connectivity index (χ4n) is 1.37. The number of hydrogen-bond acceptors (Lipinski definition) is 5. The number of amides is 2. The number of hydrogen-bond donors (Lipinski definition) is 2. The maximum atomic E-state index is 12.1. The summed E-state index contributed by atoms with van der Waals surface area (Å²) in [5, 5.41) is 2.35. The van der Waals surface area contributed by atoms with Gasteiger partial charge in [0.1, 0.15) is 15.3 Å². The van der Waals surface area contributed by atoms with Crippen LogP contribution in [-0.4, -0.2) is 30.4 Å². The molecule has 1 aromatic heterocycles. The van der Waals surface area contributed by atoms with Crippen molar-refractivity contribution in [1.29, 1.82) is 0 Å². The molecule has 6 nitrogen and oxygen atoms in total. The van der Waals surface area contributed by atoms with Crippen LogP contribution >= 0.6 is 46.1 Å². The van der Waals surface area contributed by atoms with Crippen LogP contribution in [0.1, 0.15) is 23.0 Å². The summed E-state index contributed by atoms with van der Waals surface area (Å²) in [5.41, 5.74) is 5.04. The summed E-state index contributed by atoms with van der Waals surface area (Å²) in [6.07, 6.45) is -0.394. The molecule has 1 heterocycles. The number of carbonyl (C=O) groups is 3. The molecule has 1 atom stereocenters. The highest BCUT2D eigenvalue weighted by Gasteiger charge is 2.27. The molecule has 0 fully saturated rings. The van der Waals surface area contributed by atoms with Crippen molar-refractivity contribution in [2.24, 2.45) is 5.73 Å². The molecule has 0 saturated heterocycles. The molecule has 1 aromatic rings. The number of carbonyl (C=O) groups excluding carboxylic acids is 3. The van der Waals surface area contributed by atoms with Crippen molar-refractivity contribution in [2.75, 3.05) is 6.61 Å². The third-order valence-corrected chi connectivity index (χ3v) is 4.82. The molecule has 3 N–H and O–H groups in total. The standard InChI is InChI=1S/C11H11Cl3N2O4S/c1-2-20-11(19)4(3-5(15)17)16-10(18)8-6(12)7(13)9(14)21-8/h4H,2-3H2,1H3,(H2,15,17)(H,16,18).